The first kappa shape index (κ1) is 18.2. The third-order valence-corrected chi connectivity index (χ3v) is 5.39. The number of fused-ring (bicyclic) bond motifs is 1. The fraction of sp³-hybridized carbons (Fsp3) is 0.200. The van der Waals surface area contributed by atoms with Crippen molar-refractivity contribution in [3.63, 3.8) is 0 Å². The lowest BCUT2D eigenvalue weighted by Crippen LogP contribution is -2.03. The first-order valence-electron chi connectivity index (χ1n) is 8.72. The Labute approximate surface area is 166 Å². The van der Waals surface area contributed by atoms with Gasteiger partial charge in [0.25, 0.3) is 0 Å². The summed E-state index contributed by atoms with van der Waals surface area (Å²) < 4.78 is 8.65. The number of hydrogen-bond acceptors (Lipinski definition) is 6. The lowest BCUT2D eigenvalue weighted by atomic mass is 10.1. The zero-order chi connectivity index (χ0) is 19.7. The molecule has 0 N–H and O–H groups in total. The molecule has 142 valence electrons. The van der Waals surface area contributed by atoms with E-state index >= 15 is 0 Å². The second-order valence-corrected chi connectivity index (χ2v) is 7.38. The fourth-order valence-corrected chi connectivity index (χ4v) is 3.91. The topological polar surface area (TPSA) is 74.3 Å². The highest BCUT2D eigenvalue weighted by molar-refractivity contribution is 7.98. The molecule has 0 saturated carbocycles. The van der Waals surface area contributed by atoms with Gasteiger partial charge in [-0.3, -0.25) is 4.57 Å². The van der Waals surface area contributed by atoms with Crippen LogP contribution in [0.4, 0.5) is 0 Å². The predicted molar refractivity (Wildman–Crippen MR) is 107 cm³/mol. The van der Waals surface area contributed by atoms with E-state index in [1.54, 1.807) is 30.2 Å². The summed E-state index contributed by atoms with van der Waals surface area (Å²) >= 11 is 1.55. The Hall–Kier alpha value is -3.13. The first-order chi connectivity index (χ1) is 13.6. The van der Waals surface area contributed by atoms with E-state index in [9.17, 15) is 4.79 Å². The Balaban J connectivity index is 1.59. The van der Waals surface area contributed by atoms with Crippen LogP contribution >= 0.6 is 11.8 Å². The molecule has 28 heavy (non-hydrogen) atoms. The van der Waals surface area contributed by atoms with Crippen LogP contribution in [0.5, 0.6) is 0 Å². The highest BCUT2D eigenvalue weighted by Gasteiger charge is 2.15. The molecule has 1 aromatic carbocycles. The van der Waals surface area contributed by atoms with Crippen LogP contribution in [-0.2, 0) is 10.5 Å². The number of esters is 1. The summed E-state index contributed by atoms with van der Waals surface area (Å²) in [5, 5.41) is 9.11. The molecule has 3 aromatic heterocycles. The molecule has 0 atom stereocenters. The minimum Gasteiger partial charge on any atom is -0.465 e. The quantitative estimate of drug-likeness (QED) is 0.381. The van der Waals surface area contributed by atoms with E-state index in [1.165, 1.54) is 12.7 Å². The van der Waals surface area contributed by atoms with Crippen molar-refractivity contribution in [2.24, 2.45) is 0 Å². The molecular weight excluding hydrogens is 374 g/mol. The number of imidazole rings is 1. The maximum Gasteiger partial charge on any atom is 0.341 e. The number of carbonyl (C=O) groups excluding carboxylic acids is 1. The molecule has 0 unspecified atom stereocenters. The molecule has 3 heterocycles. The summed E-state index contributed by atoms with van der Waals surface area (Å²) in [6.45, 7) is 4.15. The van der Waals surface area contributed by atoms with E-state index in [4.69, 9.17) is 4.74 Å². The van der Waals surface area contributed by atoms with Crippen molar-refractivity contribution in [3.8, 4) is 5.69 Å². The molecule has 0 aliphatic rings. The highest BCUT2D eigenvalue weighted by Crippen LogP contribution is 2.25. The second-order valence-electron chi connectivity index (χ2n) is 6.44. The summed E-state index contributed by atoms with van der Waals surface area (Å²) in [6, 6.07) is 9.80. The van der Waals surface area contributed by atoms with E-state index in [1.807, 2.05) is 21.4 Å². The first-order valence-corrected chi connectivity index (χ1v) is 9.70. The minimum absolute atomic E-state index is 0.398. The maximum absolute atomic E-state index is 11.9. The fourth-order valence-electron chi connectivity index (χ4n) is 3.10. The third-order valence-electron chi connectivity index (χ3n) is 4.42. The number of carbonyl (C=O) groups is 1. The summed E-state index contributed by atoms with van der Waals surface area (Å²) in [7, 11) is 1.37. The average Bonchev–Trinajstić information content (AvgIpc) is 3.31. The molecule has 0 aliphatic carbocycles. The van der Waals surface area contributed by atoms with Crippen LogP contribution in [0, 0.1) is 13.8 Å². The number of aromatic nitrogens is 5. The Morgan fingerprint density at radius 1 is 1.25 bits per heavy atom. The third kappa shape index (κ3) is 3.38. The van der Waals surface area contributed by atoms with Gasteiger partial charge in [-0.25, -0.2) is 9.78 Å². The van der Waals surface area contributed by atoms with Crippen molar-refractivity contribution in [2.75, 3.05) is 7.11 Å². The van der Waals surface area contributed by atoms with Crippen molar-refractivity contribution < 1.29 is 9.53 Å². The van der Waals surface area contributed by atoms with Gasteiger partial charge < -0.3 is 9.14 Å². The highest BCUT2D eigenvalue weighted by atomic mass is 32.2. The molecule has 0 bridgehead atoms. The molecular formula is C20H19N5O2S. The summed E-state index contributed by atoms with van der Waals surface area (Å²) in [5.74, 6) is 0.205. The number of rotatable bonds is 5. The molecule has 4 rings (SSSR count). The molecule has 0 saturated heterocycles. The number of benzene rings is 1. The van der Waals surface area contributed by atoms with Gasteiger partial charge in [0.1, 0.15) is 11.9 Å². The van der Waals surface area contributed by atoms with Crippen LogP contribution < -0.4 is 0 Å². The Kier molecular flexibility index (Phi) is 4.87. The number of aryl methyl sites for hydroxylation is 2. The van der Waals surface area contributed by atoms with Crippen LogP contribution in [0.15, 0.2) is 54.2 Å². The Bertz CT molecular complexity index is 1160. The SMILES string of the molecule is COC(=O)c1cccn2cc(CSc3nncn3-c3ccc(C)cc3C)nc12. The van der Waals surface area contributed by atoms with Crippen molar-refractivity contribution in [1.29, 1.82) is 0 Å². The van der Waals surface area contributed by atoms with Crippen molar-refractivity contribution in [1.82, 2.24) is 24.1 Å². The van der Waals surface area contributed by atoms with E-state index in [0.717, 1.165) is 22.1 Å². The lowest BCUT2D eigenvalue weighted by Gasteiger charge is -2.09. The molecule has 7 nitrogen and oxygen atoms in total. The van der Waals surface area contributed by atoms with Crippen LogP contribution in [0.25, 0.3) is 11.3 Å². The van der Waals surface area contributed by atoms with Crippen LogP contribution in [0.1, 0.15) is 27.2 Å². The second kappa shape index (κ2) is 7.47. The summed E-state index contributed by atoms with van der Waals surface area (Å²) in [6.07, 6.45) is 5.49. The molecule has 0 amide bonds. The number of hydrogen-bond donors (Lipinski definition) is 0. The molecule has 0 fully saturated rings. The number of thioether (sulfide) groups is 1. The number of nitrogens with zero attached hydrogens (tertiary/aromatic N) is 5. The molecule has 0 spiro atoms. The Morgan fingerprint density at radius 2 is 2.11 bits per heavy atom. The van der Waals surface area contributed by atoms with E-state index < -0.39 is 5.97 Å². The number of pyridine rings is 1. The van der Waals surface area contributed by atoms with E-state index in [2.05, 4.69) is 47.2 Å². The van der Waals surface area contributed by atoms with Crippen LogP contribution in [-0.4, -0.2) is 37.2 Å². The van der Waals surface area contributed by atoms with Gasteiger partial charge >= 0.3 is 5.97 Å². The minimum atomic E-state index is -0.398. The van der Waals surface area contributed by atoms with Gasteiger partial charge in [-0.15, -0.1) is 10.2 Å². The van der Waals surface area contributed by atoms with Gasteiger partial charge in [0.15, 0.2) is 10.8 Å². The molecule has 0 aliphatic heterocycles. The van der Waals surface area contributed by atoms with Gasteiger partial charge in [0.2, 0.25) is 0 Å². The van der Waals surface area contributed by atoms with Crippen molar-refractivity contribution in [2.45, 2.75) is 24.8 Å². The monoisotopic (exact) mass is 393 g/mol. The molecule has 4 aromatic rings. The normalized spacial score (nSPS) is 11.1. The van der Waals surface area contributed by atoms with Crippen LogP contribution in [0.3, 0.4) is 0 Å². The van der Waals surface area contributed by atoms with Crippen LogP contribution in [0.2, 0.25) is 0 Å². The zero-order valence-corrected chi connectivity index (χ0v) is 16.6. The van der Waals surface area contributed by atoms with E-state index in [0.29, 0.717) is 17.0 Å². The van der Waals surface area contributed by atoms with Gasteiger partial charge in [-0.05, 0) is 37.6 Å². The summed E-state index contributed by atoms with van der Waals surface area (Å²) in [5.41, 5.74) is 5.31. The van der Waals surface area contributed by atoms with Gasteiger partial charge in [0, 0.05) is 18.1 Å². The maximum atomic E-state index is 11.9. The van der Waals surface area contributed by atoms with Gasteiger partial charge in [-0.2, -0.15) is 0 Å². The van der Waals surface area contributed by atoms with Crippen molar-refractivity contribution >= 4 is 23.4 Å². The molecule has 0 radical (unpaired) electrons. The number of methoxy groups -OCH3 is 1. The average molecular weight is 393 g/mol. The lowest BCUT2D eigenvalue weighted by molar-refractivity contribution is 0.0602. The van der Waals surface area contributed by atoms with Crippen molar-refractivity contribution in [3.05, 3.63) is 71.4 Å². The standard InChI is InChI=1S/C20H19N5O2S/c1-13-6-7-17(14(2)9-13)25-12-21-23-20(25)28-11-15-10-24-8-4-5-16(18(24)22-15)19(26)27-3/h4-10,12H,11H2,1-3H3. The zero-order valence-electron chi connectivity index (χ0n) is 15.8. The predicted octanol–water partition coefficient (Wildman–Crippen LogP) is 3.61. The molecule has 8 heteroatoms. The Morgan fingerprint density at radius 3 is 2.89 bits per heavy atom. The van der Waals surface area contributed by atoms with Gasteiger partial charge in [0.05, 0.1) is 18.5 Å². The largest absolute Gasteiger partial charge is 0.465 e. The van der Waals surface area contributed by atoms with E-state index in [-0.39, 0.29) is 0 Å². The summed E-state index contributed by atoms with van der Waals surface area (Å²) in [4.78, 5) is 16.5. The van der Waals surface area contributed by atoms with Gasteiger partial charge in [-0.1, -0.05) is 29.5 Å². The number of ether oxygens (including phenoxy) is 1. The smallest absolute Gasteiger partial charge is 0.341 e.